The Morgan fingerprint density at radius 3 is 2.05 bits per heavy atom. The second kappa shape index (κ2) is 37.7. The van der Waals surface area contributed by atoms with Gasteiger partial charge in [-0.25, -0.2) is 14.4 Å². The summed E-state index contributed by atoms with van der Waals surface area (Å²) in [6.45, 7) is 13.2. The number of anilines is 1. The highest BCUT2D eigenvalue weighted by molar-refractivity contribution is 5.94. The maximum absolute atomic E-state index is 13.9. The average Bonchev–Trinajstić information content (AvgIpc) is 1.32. The van der Waals surface area contributed by atoms with Gasteiger partial charge in [-0.15, -0.1) is 0 Å². The number of unbranched alkanes of at least 4 members (excludes halogenated alkanes) is 7. The summed E-state index contributed by atoms with van der Waals surface area (Å²) in [6, 6.07) is 39.7. The van der Waals surface area contributed by atoms with E-state index in [0.717, 1.165) is 111 Å². The van der Waals surface area contributed by atoms with Gasteiger partial charge in [0.15, 0.2) is 11.5 Å². The average molecular weight is 1270 g/mol. The summed E-state index contributed by atoms with van der Waals surface area (Å²) in [4.78, 5) is 50.6. The molecule has 1 heterocycles. The Hall–Kier alpha value is -8.73. The number of nitrogens with one attached hydrogen (secondary N) is 1. The minimum absolute atomic E-state index is 0.110. The highest BCUT2D eigenvalue weighted by Crippen LogP contribution is 2.39. The first kappa shape index (κ1) is 70.1. The molecule has 0 aromatic heterocycles. The number of nitrogens with zero attached hydrogens (tertiary/aromatic N) is 3. The molecule has 93 heavy (non-hydrogen) atoms. The smallest absolute Gasteiger partial charge is 0.343 e. The normalized spacial score (nSPS) is 15.2. The van der Waals surface area contributed by atoms with E-state index in [-0.39, 0.29) is 23.3 Å². The van der Waals surface area contributed by atoms with Crippen LogP contribution < -0.4 is 24.4 Å². The lowest BCUT2D eigenvalue weighted by atomic mass is 9.77. The van der Waals surface area contributed by atoms with Gasteiger partial charge in [0.05, 0.1) is 82.2 Å². The molecule has 2 fully saturated rings. The molecule has 0 spiro atoms. The zero-order valence-corrected chi connectivity index (χ0v) is 54.7. The van der Waals surface area contributed by atoms with E-state index in [4.69, 9.17) is 37.9 Å². The molecule has 16 heteroatoms. The van der Waals surface area contributed by atoms with E-state index >= 15 is 0 Å². The van der Waals surface area contributed by atoms with E-state index in [1.807, 2.05) is 72.8 Å². The highest BCUT2D eigenvalue weighted by atomic mass is 16.6. The van der Waals surface area contributed by atoms with E-state index < -0.39 is 23.9 Å². The monoisotopic (exact) mass is 1260 g/mol. The molecular formula is C77H92N4O12. The van der Waals surface area contributed by atoms with Gasteiger partial charge in [-0.1, -0.05) is 119 Å². The third-order valence-corrected chi connectivity index (χ3v) is 17.3. The van der Waals surface area contributed by atoms with Gasteiger partial charge < -0.3 is 37.9 Å². The lowest BCUT2D eigenvalue weighted by molar-refractivity contribution is -0.150. The molecule has 8 rings (SSSR count). The number of ether oxygens (including phenoxy) is 8. The van der Waals surface area contributed by atoms with Gasteiger partial charge in [0.2, 0.25) is 0 Å². The Kier molecular flexibility index (Phi) is 28.4. The van der Waals surface area contributed by atoms with Crippen LogP contribution in [0.4, 0.5) is 5.69 Å². The van der Waals surface area contributed by atoms with Crippen molar-refractivity contribution in [1.82, 2.24) is 0 Å². The first-order chi connectivity index (χ1) is 45.4. The molecule has 16 nitrogen and oxygen atoms in total. The van der Waals surface area contributed by atoms with Crippen LogP contribution in [0.2, 0.25) is 0 Å². The van der Waals surface area contributed by atoms with Crippen molar-refractivity contribution >= 4 is 48.2 Å². The van der Waals surface area contributed by atoms with E-state index in [0.29, 0.717) is 78.0 Å². The number of carbonyl (C=O) groups is 4. The highest BCUT2D eigenvalue weighted by Gasteiger charge is 2.37. The third kappa shape index (κ3) is 22.5. The predicted octanol–water partition coefficient (Wildman–Crippen LogP) is 16.5. The molecule has 1 saturated heterocycles. The quantitative estimate of drug-likeness (QED) is 0.00963. The topological polar surface area (TPSA) is 191 Å². The summed E-state index contributed by atoms with van der Waals surface area (Å²) in [6.07, 6.45) is 24.8. The first-order valence-corrected chi connectivity index (χ1v) is 33.2. The van der Waals surface area contributed by atoms with Crippen molar-refractivity contribution in [2.75, 3.05) is 58.8 Å². The number of hydrazone groups is 1. The fourth-order valence-electron chi connectivity index (χ4n) is 11.5. The van der Waals surface area contributed by atoms with Crippen LogP contribution in [0.1, 0.15) is 184 Å². The summed E-state index contributed by atoms with van der Waals surface area (Å²) >= 11 is 0. The summed E-state index contributed by atoms with van der Waals surface area (Å²) in [5.74, 6) is 1.16. The molecule has 0 amide bonds. The van der Waals surface area contributed by atoms with Crippen LogP contribution in [0.15, 0.2) is 155 Å². The molecule has 492 valence electrons. The van der Waals surface area contributed by atoms with Gasteiger partial charge in [-0.3, -0.25) is 10.2 Å². The van der Waals surface area contributed by atoms with Crippen LogP contribution in [0, 0.1) is 11.3 Å². The Balaban J connectivity index is 0.874. The van der Waals surface area contributed by atoms with Crippen LogP contribution in [0.5, 0.6) is 23.0 Å². The van der Waals surface area contributed by atoms with Crippen LogP contribution in [-0.4, -0.2) is 95.9 Å². The van der Waals surface area contributed by atoms with E-state index in [1.165, 1.54) is 71.0 Å². The maximum Gasteiger partial charge on any atom is 0.343 e. The lowest BCUT2D eigenvalue weighted by Gasteiger charge is -2.40. The molecule has 0 bridgehead atoms. The van der Waals surface area contributed by atoms with E-state index in [2.05, 4.69) is 65.4 Å². The zero-order chi connectivity index (χ0) is 65.5. The SMILES string of the molecule is C=CC(=O)OCCCCCc1cccc(OC(C)=O)c1/C=N/N=C/c1ccc(N/N=C/c2cc(CCOC(=O)c3ccc(-c4ccc(C5CCC(CCCCC)CC5)cc4)cc3)ccc2OC(=O)c2ccc(OCCCCCCOCC3(CC)COC3)c(OC)c2)cc1. The van der Waals surface area contributed by atoms with Crippen molar-refractivity contribution in [2.24, 2.45) is 26.6 Å². The summed E-state index contributed by atoms with van der Waals surface area (Å²) in [5.41, 5.74) is 11.9. The second-order valence-electron chi connectivity index (χ2n) is 24.2. The molecule has 6 aromatic rings. The van der Waals surface area contributed by atoms with E-state index in [9.17, 15) is 19.2 Å². The number of esters is 4. The zero-order valence-electron chi connectivity index (χ0n) is 54.7. The number of hydrogen-bond donors (Lipinski definition) is 1. The molecule has 1 aliphatic carbocycles. The van der Waals surface area contributed by atoms with Gasteiger partial charge in [0.25, 0.3) is 0 Å². The van der Waals surface area contributed by atoms with E-state index in [1.54, 1.807) is 49.0 Å². The number of aryl methyl sites for hydroxylation is 1. The molecule has 6 aromatic carbocycles. The van der Waals surface area contributed by atoms with Crippen LogP contribution in [0.25, 0.3) is 11.1 Å². The van der Waals surface area contributed by atoms with Crippen molar-refractivity contribution in [1.29, 1.82) is 0 Å². The molecule has 2 aliphatic rings. The Labute approximate surface area is 549 Å². The predicted molar refractivity (Wildman–Crippen MR) is 367 cm³/mol. The molecule has 0 radical (unpaired) electrons. The van der Waals surface area contributed by atoms with Gasteiger partial charge in [0.1, 0.15) is 11.5 Å². The molecule has 0 atom stereocenters. The molecule has 0 unspecified atom stereocenters. The van der Waals surface area contributed by atoms with Crippen molar-refractivity contribution in [2.45, 2.75) is 142 Å². The van der Waals surface area contributed by atoms with Gasteiger partial charge in [0, 0.05) is 42.6 Å². The minimum atomic E-state index is -0.609. The number of methoxy groups -OCH3 is 1. The summed E-state index contributed by atoms with van der Waals surface area (Å²) in [5, 5.41) is 13.1. The van der Waals surface area contributed by atoms with Crippen LogP contribution in [-0.2, 0) is 41.4 Å². The van der Waals surface area contributed by atoms with Crippen molar-refractivity contribution < 1.29 is 57.1 Å². The van der Waals surface area contributed by atoms with Crippen LogP contribution >= 0.6 is 0 Å². The van der Waals surface area contributed by atoms with Gasteiger partial charge >= 0.3 is 23.9 Å². The first-order valence-electron chi connectivity index (χ1n) is 33.2. The van der Waals surface area contributed by atoms with Crippen molar-refractivity contribution in [3.63, 3.8) is 0 Å². The second-order valence-corrected chi connectivity index (χ2v) is 24.2. The summed E-state index contributed by atoms with van der Waals surface area (Å²) in [7, 11) is 1.53. The number of rotatable bonds is 38. The fraction of sp³-hybridized carbons (Fsp3) is 0.416. The Morgan fingerprint density at radius 2 is 1.34 bits per heavy atom. The minimum Gasteiger partial charge on any atom is -0.493 e. The summed E-state index contributed by atoms with van der Waals surface area (Å²) < 4.78 is 45.6. The molecule has 1 N–H and O–H groups in total. The van der Waals surface area contributed by atoms with Gasteiger partial charge in [-0.2, -0.15) is 15.3 Å². The maximum atomic E-state index is 13.9. The lowest BCUT2D eigenvalue weighted by Crippen LogP contribution is -2.45. The van der Waals surface area contributed by atoms with Gasteiger partial charge in [-0.05, 0) is 183 Å². The number of hydrogen-bond acceptors (Lipinski definition) is 16. The fourth-order valence-corrected chi connectivity index (χ4v) is 11.5. The Bertz CT molecular complexity index is 3430. The largest absolute Gasteiger partial charge is 0.493 e. The van der Waals surface area contributed by atoms with Crippen LogP contribution in [0.3, 0.4) is 0 Å². The Morgan fingerprint density at radius 1 is 0.634 bits per heavy atom. The number of benzene rings is 6. The molecule has 1 saturated carbocycles. The van der Waals surface area contributed by atoms with Crippen molar-refractivity contribution in [3.8, 4) is 34.1 Å². The molecular weight excluding hydrogens is 1170 g/mol. The van der Waals surface area contributed by atoms with Crippen molar-refractivity contribution in [3.05, 3.63) is 185 Å². The standard InChI is InChI=1S/C77H92N4O12/c1-6-9-13-19-57-23-28-60(29-24-57)61-30-32-62(33-31-61)63-34-36-65(37-35-63)75(84)91-47-43-58-27-41-70(93-76(85)66-38-42-72(73(49-66)86-5)89-45-16-11-10-15-44-87-53-77(8-3)54-88-55-77)67(48-58)51-80-81-68-39-25-59(26-40-68)50-78-79-52-69-64(21-18-22-71(69)92-56(4)82)20-14-12-17-46-90-74(83)7-2/h7,18,21-22,25-27,30-42,48-52,57,60,81H,2,6,8-17,19-20,23-24,28-29,43-47,53-55H2,1,3-5H3/b78-50+,79-52+,80-51+. The third-order valence-electron chi connectivity index (χ3n) is 17.3. The molecule has 1 aliphatic heterocycles. The number of carbonyl (C=O) groups excluding carboxylic acids is 4.